The van der Waals surface area contributed by atoms with Crippen LogP contribution in [0.1, 0.15) is 48.3 Å². The molecule has 0 unspecified atom stereocenters. The minimum absolute atomic E-state index is 0.210. The summed E-state index contributed by atoms with van der Waals surface area (Å²) in [4.78, 5) is 11.9. The molecule has 2 rings (SSSR count). The van der Waals surface area contributed by atoms with E-state index in [1.807, 2.05) is 6.92 Å². The van der Waals surface area contributed by atoms with Gasteiger partial charge in [-0.2, -0.15) is 5.10 Å². The first-order valence-corrected chi connectivity index (χ1v) is 6.51. The lowest BCUT2D eigenvalue weighted by Crippen LogP contribution is -2.44. The molecule has 2 N–H and O–H groups in total. The van der Waals surface area contributed by atoms with Crippen LogP contribution in [0.3, 0.4) is 0 Å². The van der Waals surface area contributed by atoms with Crippen molar-refractivity contribution >= 4 is 5.91 Å². The Morgan fingerprint density at radius 3 is 2.72 bits per heavy atom. The highest BCUT2D eigenvalue weighted by Crippen LogP contribution is 2.27. The summed E-state index contributed by atoms with van der Waals surface area (Å²) in [5.74, 6) is -0.210. The number of nitrogens with zero attached hydrogens (tertiary/aromatic N) is 2. The van der Waals surface area contributed by atoms with Gasteiger partial charge in [0.05, 0.1) is 5.60 Å². The van der Waals surface area contributed by atoms with E-state index in [2.05, 4.69) is 10.4 Å². The van der Waals surface area contributed by atoms with Gasteiger partial charge < -0.3 is 10.4 Å². The van der Waals surface area contributed by atoms with E-state index in [1.165, 1.54) is 6.42 Å². The second-order valence-corrected chi connectivity index (χ2v) is 5.26. The van der Waals surface area contributed by atoms with Gasteiger partial charge in [-0.3, -0.25) is 9.48 Å². The minimum Gasteiger partial charge on any atom is -0.388 e. The SMILES string of the molecule is Cc1cc(C(=O)NCC2(O)CCCCC2)nn1C. The first kappa shape index (κ1) is 13.1. The lowest BCUT2D eigenvalue weighted by molar-refractivity contribution is 0.00521. The third kappa shape index (κ3) is 2.90. The molecule has 1 amide bonds. The Morgan fingerprint density at radius 1 is 1.50 bits per heavy atom. The Labute approximate surface area is 107 Å². The van der Waals surface area contributed by atoms with E-state index in [4.69, 9.17) is 0 Å². The van der Waals surface area contributed by atoms with Gasteiger partial charge in [0.1, 0.15) is 5.69 Å². The monoisotopic (exact) mass is 251 g/mol. The van der Waals surface area contributed by atoms with Gasteiger partial charge in [0.2, 0.25) is 0 Å². The quantitative estimate of drug-likeness (QED) is 0.847. The van der Waals surface area contributed by atoms with Crippen molar-refractivity contribution in [3.05, 3.63) is 17.5 Å². The number of carbonyl (C=O) groups excluding carboxylic acids is 1. The van der Waals surface area contributed by atoms with Crippen molar-refractivity contribution in [3.8, 4) is 0 Å². The van der Waals surface area contributed by atoms with Crippen LogP contribution in [0.25, 0.3) is 0 Å². The summed E-state index contributed by atoms with van der Waals surface area (Å²) < 4.78 is 1.67. The predicted octanol–water partition coefficient (Wildman–Crippen LogP) is 1.15. The zero-order chi connectivity index (χ0) is 13.2. The molecule has 0 bridgehead atoms. The summed E-state index contributed by atoms with van der Waals surface area (Å²) in [6, 6.07) is 1.75. The fourth-order valence-electron chi connectivity index (χ4n) is 2.39. The molecular formula is C13H21N3O2. The van der Waals surface area contributed by atoms with Crippen LogP contribution in [-0.4, -0.2) is 32.9 Å². The van der Waals surface area contributed by atoms with E-state index in [0.717, 1.165) is 31.4 Å². The number of aromatic nitrogens is 2. The molecule has 1 aromatic rings. The molecule has 1 fully saturated rings. The summed E-state index contributed by atoms with van der Waals surface area (Å²) in [6.45, 7) is 2.22. The first-order valence-electron chi connectivity index (χ1n) is 6.51. The van der Waals surface area contributed by atoms with Crippen LogP contribution in [0.4, 0.5) is 0 Å². The fourth-order valence-corrected chi connectivity index (χ4v) is 2.39. The number of aliphatic hydroxyl groups is 1. The predicted molar refractivity (Wildman–Crippen MR) is 68.3 cm³/mol. The third-order valence-electron chi connectivity index (χ3n) is 3.71. The standard InChI is InChI=1S/C13H21N3O2/c1-10-8-11(15-16(10)2)12(17)14-9-13(18)6-4-3-5-7-13/h8,18H,3-7,9H2,1-2H3,(H,14,17). The van der Waals surface area contributed by atoms with Crippen molar-refractivity contribution < 1.29 is 9.90 Å². The number of nitrogens with one attached hydrogen (secondary N) is 1. The van der Waals surface area contributed by atoms with Gasteiger partial charge >= 0.3 is 0 Å². The van der Waals surface area contributed by atoms with Gasteiger partial charge in [-0.1, -0.05) is 19.3 Å². The third-order valence-corrected chi connectivity index (χ3v) is 3.71. The lowest BCUT2D eigenvalue weighted by Gasteiger charge is -2.31. The van der Waals surface area contributed by atoms with Crippen molar-refractivity contribution in [2.24, 2.45) is 7.05 Å². The molecule has 1 aliphatic carbocycles. The summed E-state index contributed by atoms with van der Waals surface area (Å²) in [6.07, 6.45) is 4.79. The molecule has 0 aliphatic heterocycles. The molecule has 18 heavy (non-hydrogen) atoms. The Morgan fingerprint density at radius 2 is 2.17 bits per heavy atom. The maximum Gasteiger partial charge on any atom is 0.271 e. The van der Waals surface area contributed by atoms with E-state index in [-0.39, 0.29) is 5.91 Å². The van der Waals surface area contributed by atoms with Crippen molar-refractivity contribution in [2.45, 2.75) is 44.6 Å². The summed E-state index contributed by atoms with van der Waals surface area (Å²) in [5, 5.41) is 17.2. The molecule has 1 heterocycles. The molecule has 0 radical (unpaired) electrons. The molecule has 1 aliphatic rings. The molecule has 5 heteroatoms. The highest BCUT2D eigenvalue weighted by atomic mass is 16.3. The topological polar surface area (TPSA) is 67.2 Å². The normalized spacial score (nSPS) is 18.6. The molecular weight excluding hydrogens is 230 g/mol. The highest BCUT2D eigenvalue weighted by molar-refractivity contribution is 5.92. The van der Waals surface area contributed by atoms with E-state index in [9.17, 15) is 9.90 Å². The summed E-state index contributed by atoms with van der Waals surface area (Å²) in [7, 11) is 1.81. The average Bonchev–Trinajstić information content (AvgIpc) is 2.68. The molecule has 5 nitrogen and oxygen atoms in total. The maximum absolute atomic E-state index is 11.9. The Kier molecular flexibility index (Phi) is 3.71. The second-order valence-electron chi connectivity index (χ2n) is 5.26. The summed E-state index contributed by atoms with van der Waals surface area (Å²) in [5.41, 5.74) is 0.628. The number of carbonyl (C=O) groups is 1. The Balaban J connectivity index is 1.91. The van der Waals surface area contributed by atoms with Crippen molar-refractivity contribution in [1.29, 1.82) is 0 Å². The van der Waals surface area contributed by atoms with Crippen LogP contribution >= 0.6 is 0 Å². The lowest BCUT2D eigenvalue weighted by atomic mass is 9.85. The van der Waals surface area contributed by atoms with E-state index in [1.54, 1.807) is 17.8 Å². The molecule has 1 aromatic heterocycles. The van der Waals surface area contributed by atoms with E-state index in [0.29, 0.717) is 12.2 Å². The average molecular weight is 251 g/mol. The van der Waals surface area contributed by atoms with Crippen LogP contribution in [0.15, 0.2) is 6.07 Å². The number of hydrogen-bond donors (Lipinski definition) is 2. The largest absolute Gasteiger partial charge is 0.388 e. The van der Waals surface area contributed by atoms with Crippen molar-refractivity contribution in [1.82, 2.24) is 15.1 Å². The number of amides is 1. The fraction of sp³-hybridized carbons (Fsp3) is 0.692. The summed E-state index contributed by atoms with van der Waals surface area (Å²) >= 11 is 0. The van der Waals surface area contributed by atoms with Gasteiger partial charge in [0.25, 0.3) is 5.91 Å². The molecule has 100 valence electrons. The highest BCUT2D eigenvalue weighted by Gasteiger charge is 2.29. The van der Waals surface area contributed by atoms with Gasteiger partial charge in [0, 0.05) is 19.3 Å². The van der Waals surface area contributed by atoms with Crippen LogP contribution in [0.2, 0.25) is 0 Å². The van der Waals surface area contributed by atoms with E-state index >= 15 is 0 Å². The van der Waals surface area contributed by atoms with Gasteiger partial charge in [-0.15, -0.1) is 0 Å². The smallest absolute Gasteiger partial charge is 0.271 e. The molecule has 0 saturated heterocycles. The second kappa shape index (κ2) is 5.10. The molecule has 0 spiro atoms. The van der Waals surface area contributed by atoms with Crippen LogP contribution in [0, 0.1) is 6.92 Å². The first-order chi connectivity index (χ1) is 8.50. The zero-order valence-electron chi connectivity index (χ0n) is 11.1. The van der Waals surface area contributed by atoms with Gasteiger partial charge in [0.15, 0.2) is 0 Å². The molecule has 0 aromatic carbocycles. The van der Waals surface area contributed by atoms with Gasteiger partial charge in [-0.05, 0) is 25.8 Å². The molecule has 1 saturated carbocycles. The van der Waals surface area contributed by atoms with E-state index < -0.39 is 5.60 Å². The van der Waals surface area contributed by atoms with Crippen molar-refractivity contribution in [2.75, 3.05) is 6.54 Å². The number of rotatable bonds is 3. The zero-order valence-corrected chi connectivity index (χ0v) is 11.1. The minimum atomic E-state index is -0.724. The van der Waals surface area contributed by atoms with Crippen LogP contribution < -0.4 is 5.32 Å². The van der Waals surface area contributed by atoms with Crippen LogP contribution in [0.5, 0.6) is 0 Å². The Hall–Kier alpha value is -1.36. The van der Waals surface area contributed by atoms with Crippen LogP contribution in [-0.2, 0) is 7.05 Å². The molecule has 0 atom stereocenters. The number of aryl methyl sites for hydroxylation is 2. The maximum atomic E-state index is 11.9. The van der Waals surface area contributed by atoms with Gasteiger partial charge in [-0.25, -0.2) is 0 Å². The number of hydrogen-bond acceptors (Lipinski definition) is 3. The van der Waals surface area contributed by atoms with Crippen molar-refractivity contribution in [3.63, 3.8) is 0 Å². The Bertz CT molecular complexity index is 414.